The molecule has 0 aliphatic carbocycles. The number of hydrogen-bond donors (Lipinski definition) is 1. The Morgan fingerprint density at radius 3 is 2.84 bits per heavy atom. The Balaban J connectivity index is 2.13. The van der Waals surface area contributed by atoms with Crippen molar-refractivity contribution < 1.29 is 4.79 Å². The Bertz CT molecular complexity index is 574. The second kappa shape index (κ2) is 5.65. The highest BCUT2D eigenvalue weighted by Gasteiger charge is 2.11. The smallest absolute Gasteiger partial charge is 0.275 e. The lowest BCUT2D eigenvalue weighted by Crippen LogP contribution is -2.18. The van der Waals surface area contributed by atoms with E-state index < -0.39 is 0 Å². The molecule has 1 N–H and O–H groups in total. The van der Waals surface area contributed by atoms with E-state index in [1.807, 2.05) is 19.1 Å². The molecule has 5 nitrogen and oxygen atoms in total. The van der Waals surface area contributed by atoms with Gasteiger partial charge in [-0.3, -0.25) is 4.79 Å². The Hall–Kier alpha value is -2.17. The van der Waals surface area contributed by atoms with Gasteiger partial charge in [-0.15, -0.1) is 0 Å². The van der Waals surface area contributed by atoms with E-state index in [-0.39, 0.29) is 5.91 Å². The molecule has 100 valence electrons. The van der Waals surface area contributed by atoms with Crippen LogP contribution in [0.25, 0.3) is 0 Å². The Kier molecular flexibility index (Phi) is 3.94. The summed E-state index contributed by atoms with van der Waals surface area (Å²) in [7, 11) is 0. The lowest BCUT2D eigenvalue weighted by atomic mass is 10.2. The average Bonchev–Trinajstić information content (AvgIpc) is 2.75. The molecule has 5 heteroatoms. The summed E-state index contributed by atoms with van der Waals surface area (Å²) >= 11 is 0. The molecule has 0 spiro atoms. The average molecular weight is 258 g/mol. The molecule has 2 heterocycles. The maximum atomic E-state index is 12.1. The summed E-state index contributed by atoms with van der Waals surface area (Å²) in [5, 5.41) is 7.04. The number of pyridine rings is 1. The van der Waals surface area contributed by atoms with Crippen LogP contribution in [0.15, 0.2) is 30.5 Å². The largest absolute Gasteiger partial charge is 0.305 e. The predicted octanol–water partition coefficient (Wildman–Crippen LogP) is 2.49. The van der Waals surface area contributed by atoms with Crippen LogP contribution in [0.2, 0.25) is 0 Å². The molecule has 0 saturated carbocycles. The minimum atomic E-state index is -0.214. The number of carbonyl (C=O) groups is 1. The van der Waals surface area contributed by atoms with E-state index in [9.17, 15) is 4.79 Å². The zero-order chi connectivity index (χ0) is 13.8. The van der Waals surface area contributed by atoms with Crippen LogP contribution in [0.4, 0.5) is 5.82 Å². The van der Waals surface area contributed by atoms with Crippen LogP contribution in [0, 0.1) is 12.8 Å². The van der Waals surface area contributed by atoms with Gasteiger partial charge in [0.1, 0.15) is 11.5 Å². The molecule has 2 aromatic rings. The number of anilines is 1. The molecule has 2 aromatic heterocycles. The van der Waals surface area contributed by atoms with Crippen LogP contribution in [-0.2, 0) is 6.54 Å². The standard InChI is InChI=1S/C14H18N4O/c1-10(2)9-18-13(7-8-15-18)17-14(19)12-6-4-5-11(3)16-12/h4-8,10H,9H2,1-3H3,(H,17,19). The molecule has 1 amide bonds. The molecule has 0 saturated heterocycles. The number of rotatable bonds is 4. The highest BCUT2D eigenvalue weighted by atomic mass is 16.2. The third-order valence-corrected chi connectivity index (χ3v) is 2.62. The van der Waals surface area contributed by atoms with Gasteiger partial charge in [0.2, 0.25) is 0 Å². The minimum absolute atomic E-state index is 0.214. The summed E-state index contributed by atoms with van der Waals surface area (Å²) in [4.78, 5) is 16.3. The summed E-state index contributed by atoms with van der Waals surface area (Å²) in [6, 6.07) is 7.17. The topological polar surface area (TPSA) is 59.8 Å². The fourth-order valence-electron chi connectivity index (χ4n) is 1.78. The van der Waals surface area contributed by atoms with E-state index in [0.717, 1.165) is 12.2 Å². The fraction of sp³-hybridized carbons (Fsp3) is 0.357. The van der Waals surface area contributed by atoms with Crippen molar-refractivity contribution in [2.75, 3.05) is 5.32 Å². The molecule has 0 radical (unpaired) electrons. The van der Waals surface area contributed by atoms with E-state index in [1.54, 1.807) is 23.0 Å². The van der Waals surface area contributed by atoms with Gasteiger partial charge < -0.3 is 5.32 Å². The number of hydrogen-bond acceptors (Lipinski definition) is 3. The first-order valence-corrected chi connectivity index (χ1v) is 6.33. The van der Waals surface area contributed by atoms with Gasteiger partial charge in [0.25, 0.3) is 5.91 Å². The van der Waals surface area contributed by atoms with Gasteiger partial charge in [0.05, 0.1) is 6.20 Å². The summed E-state index contributed by atoms with van der Waals surface area (Å²) in [6.07, 6.45) is 1.68. The molecule has 19 heavy (non-hydrogen) atoms. The van der Waals surface area contributed by atoms with Gasteiger partial charge in [-0.25, -0.2) is 9.67 Å². The molecule has 0 atom stereocenters. The number of aromatic nitrogens is 3. The van der Waals surface area contributed by atoms with E-state index in [1.165, 1.54) is 0 Å². The summed E-state index contributed by atoms with van der Waals surface area (Å²) < 4.78 is 1.79. The van der Waals surface area contributed by atoms with E-state index in [4.69, 9.17) is 0 Å². The normalized spacial score (nSPS) is 10.7. The molecule has 0 aliphatic rings. The number of nitrogens with zero attached hydrogens (tertiary/aromatic N) is 3. The summed E-state index contributed by atoms with van der Waals surface area (Å²) in [5.74, 6) is 0.948. The molecular weight excluding hydrogens is 240 g/mol. The molecule has 0 unspecified atom stereocenters. The van der Waals surface area contributed by atoms with Crippen molar-refractivity contribution in [3.05, 3.63) is 41.9 Å². The predicted molar refractivity (Wildman–Crippen MR) is 74.0 cm³/mol. The lowest BCUT2D eigenvalue weighted by molar-refractivity contribution is 0.102. The van der Waals surface area contributed by atoms with E-state index in [2.05, 4.69) is 29.2 Å². The maximum absolute atomic E-state index is 12.1. The lowest BCUT2D eigenvalue weighted by Gasteiger charge is -2.10. The minimum Gasteiger partial charge on any atom is -0.305 e. The van der Waals surface area contributed by atoms with Crippen LogP contribution < -0.4 is 5.32 Å². The Labute approximate surface area is 112 Å². The molecule has 0 bridgehead atoms. The van der Waals surface area contributed by atoms with Gasteiger partial charge in [-0.1, -0.05) is 19.9 Å². The molecule has 0 fully saturated rings. The van der Waals surface area contributed by atoms with Gasteiger partial charge in [-0.2, -0.15) is 5.10 Å². The highest BCUT2D eigenvalue weighted by Crippen LogP contribution is 2.11. The van der Waals surface area contributed by atoms with Crippen molar-refractivity contribution in [1.29, 1.82) is 0 Å². The van der Waals surface area contributed by atoms with Gasteiger partial charge in [-0.05, 0) is 25.0 Å². The molecule has 2 rings (SSSR count). The van der Waals surface area contributed by atoms with Crippen LogP contribution >= 0.6 is 0 Å². The zero-order valence-electron chi connectivity index (χ0n) is 11.4. The third kappa shape index (κ3) is 3.40. The first-order valence-electron chi connectivity index (χ1n) is 6.33. The van der Waals surface area contributed by atoms with Crippen LogP contribution in [0.5, 0.6) is 0 Å². The quantitative estimate of drug-likeness (QED) is 0.916. The van der Waals surface area contributed by atoms with Crippen LogP contribution in [0.3, 0.4) is 0 Å². The number of carbonyl (C=O) groups excluding carboxylic acids is 1. The van der Waals surface area contributed by atoms with Crippen molar-refractivity contribution >= 4 is 11.7 Å². The SMILES string of the molecule is Cc1cccc(C(=O)Nc2ccnn2CC(C)C)n1. The van der Waals surface area contributed by atoms with Gasteiger partial charge in [0, 0.05) is 18.3 Å². The van der Waals surface area contributed by atoms with Crippen molar-refractivity contribution in [1.82, 2.24) is 14.8 Å². The van der Waals surface area contributed by atoms with Crippen LogP contribution in [-0.4, -0.2) is 20.7 Å². The number of nitrogens with one attached hydrogen (secondary N) is 1. The highest BCUT2D eigenvalue weighted by molar-refractivity contribution is 6.02. The van der Waals surface area contributed by atoms with Crippen molar-refractivity contribution in [3.8, 4) is 0 Å². The summed E-state index contributed by atoms with van der Waals surface area (Å²) in [5.41, 5.74) is 1.24. The van der Waals surface area contributed by atoms with E-state index in [0.29, 0.717) is 17.4 Å². The molecular formula is C14H18N4O. The second-order valence-electron chi connectivity index (χ2n) is 4.91. The zero-order valence-corrected chi connectivity index (χ0v) is 11.4. The van der Waals surface area contributed by atoms with Crippen molar-refractivity contribution in [2.24, 2.45) is 5.92 Å². The monoisotopic (exact) mass is 258 g/mol. The fourth-order valence-corrected chi connectivity index (χ4v) is 1.78. The maximum Gasteiger partial charge on any atom is 0.275 e. The van der Waals surface area contributed by atoms with E-state index >= 15 is 0 Å². The first-order chi connectivity index (χ1) is 9.06. The van der Waals surface area contributed by atoms with Crippen molar-refractivity contribution in [3.63, 3.8) is 0 Å². The van der Waals surface area contributed by atoms with Gasteiger partial charge >= 0.3 is 0 Å². The third-order valence-electron chi connectivity index (χ3n) is 2.62. The van der Waals surface area contributed by atoms with Gasteiger partial charge in [0.15, 0.2) is 0 Å². The van der Waals surface area contributed by atoms with Crippen molar-refractivity contribution in [2.45, 2.75) is 27.3 Å². The van der Waals surface area contributed by atoms with Crippen LogP contribution in [0.1, 0.15) is 30.0 Å². The molecule has 0 aromatic carbocycles. The number of amides is 1. The first kappa shape index (κ1) is 13.3. The second-order valence-corrected chi connectivity index (χ2v) is 4.91. The Morgan fingerprint density at radius 2 is 2.16 bits per heavy atom. The Morgan fingerprint density at radius 1 is 1.37 bits per heavy atom. The molecule has 0 aliphatic heterocycles. The summed E-state index contributed by atoms with van der Waals surface area (Å²) in [6.45, 7) is 6.84. The number of aryl methyl sites for hydroxylation is 1.